The average molecular weight is 478 g/mol. The first-order chi connectivity index (χ1) is 17.8. The van der Waals surface area contributed by atoms with Gasteiger partial charge in [0.15, 0.2) is 0 Å². The number of benzene rings is 4. The number of fused-ring (bicyclic) bond motifs is 7. The van der Waals surface area contributed by atoms with Crippen molar-refractivity contribution in [3.63, 3.8) is 0 Å². The van der Waals surface area contributed by atoms with Crippen molar-refractivity contribution in [3.05, 3.63) is 102 Å². The fraction of sp³-hybridized carbons (Fsp3) is 0.0625. The van der Waals surface area contributed by atoms with Crippen molar-refractivity contribution >= 4 is 84.6 Å². The van der Waals surface area contributed by atoms with Gasteiger partial charge in [0.05, 0.1) is 15.9 Å². The molecule has 2 aromatic heterocycles. The predicted molar refractivity (Wildman–Crippen MR) is 158 cm³/mol. The summed E-state index contributed by atoms with van der Waals surface area (Å²) >= 11 is 1.93. The van der Waals surface area contributed by atoms with Crippen molar-refractivity contribution in [1.82, 2.24) is 4.57 Å². The third kappa shape index (κ3) is 2.38. The van der Waals surface area contributed by atoms with E-state index in [-0.39, 0.29) is 6.71 Å². The van der Waals surface area contributed by atoms with Gasteiger partial charge in [0, 0.05) is 32.4 Å². The predicted octanol–water partition coefficient (Wildman–Crippen LogP) is 5.06. The minimum absolute atomic E-state index is 0.197. The molecule has 0 aliphatic carbocycles. The SMILES string of the molecule is C/C=c1\c(=C/C)n2c3c4c(ccc13)N(c1ccccc1)c1ccccc1B4c1c-2sc2ccccc12. The second-order valence-electron chi connectivity index (χ2n) is 9.59. The van der Waals surface area contributed by atoms with E-state index in [0.717, 1.165) is 0 Å². The minimum Gasteiger partial charge on any atom is -0.311 e. The third-order valence-electron chi connectivity index (χ3n) is 7.93. The largest absolute Gasteiger partial charge is 0.311 e. The lowest BCUT2D eigenvalue weighted by atomic mass is 9.34. The topological polar surface area (TPSA) is 8.17 Å². The summed E-state index contributed by atoms with van der Waals surface area (Å²) in [7, 11) is 0. The molecule has 36 heavy (non-hydrogen) atoms. The molecule has 0 unspecified atom stereocenters. The smallest absolute Gasteiger partial charge is 0.254 e. The lowest BCUT2D eigenvalue weighted by molar-refractivity contribution is 1.10. The molecule has 8 rings (SSSR count). The molecular weight excluding hydrogens is 455 g/mol. The van der Waals surface area contributed by atoms with Crippen LogP contribution in [0.5, 0.6) is 0 Å². The Hall–Kier alpha value is -4.02. The van der Waals surface area contributed by atoms with Crippen LogP contribution in [-0.4, -0.2) is 11.3 Å². The van der Waals surface area contributed by atoms with E-state index in [2.05, 4.69) is 126 Å². The Labute approximate surface area is 214 Å². The van der Waals surface area contributed by atoms with Gasteiger partial charge in [-0.1, -0.05) is 72.8 Å². The summed E-state index contributed by atoms with van der Waals surface area (Å²) in [6, 6.07) is 33.4. The van der Waals surface area contributed by atoms with Gasteiger partial charge in [-0.05, 0) is 66.0 Å². The van der Waals surface area contributed by atoms with E-state index >= 15 is 0 Å². The van der Waals surface area contributed by atoms with Crippen molar-refractivity contribution in [2.75, 3.05) is 4.90 Å². The van der Waals surface area contributed by atoms with E-state index in [4.69, 9.17) is 0 Å². The maximum absolute atomic E-state index is 2.55. The maximum atomic E-state index is 2.55. The molecule has 6 aromatic rings. The van der Waals surface area contributed by atoms with E-state index < -0.39 is 0 Å². The van der Waals surface area contributed by atoms with Crippen LogP contribution in [0.4, 0.5) is 17.1 Å². The van der Waals surface area contributed by atoms with E-state index in [1.165, 1.54) is 70.0 Å². The molecule has 0 radical (unpaired) electrons. The Morgan fingerprint density at radius 2 is 1.47 bits per heavy atom. The van der Waals surface area contributed by atoms with Gasteiger partial charge >= 0.3 is 0 Å². The summed E-state index contributed by atoms with van der Waals surface area (Å²) < 4.78 is 3.91. The number of para-hydroxylation sites is 2. The Balaban J connectivity index is 1.64. The number of hydrogen-bond donors (Lipinski definition) is 0. The molecule has 2 aliphatic rings. The maximum Gasteiger partial charge on any atom is 0.254 e. The van der Waals surface area contributed by atoms with Gasteiger partial charge in [0.1, 0.15) is 0 Å². The number of thiophene rings is 1. The lowest BCUT2D eigenvalue weighted by Crippen LogP contribution is -2.60. The van der Waals surface area contributed by atoms with Gasteiger partial charge in [0.2, 0.25) is 0 Å². The van der Waals surface area contributed by atoms with Crippen LogP contribution < -0.4 is 31.9 Å². The molecule has 0 saturated carbocycles. The van der Waals surface area contributed by atoms with Gasteiger partial charge < -0.3 is 9.47 Å². The zero-order valence-electron chi connectivity index (χ0n) is 20.2. The van der Waals surface area contributed by atoms with Crippen LogP contribution in [-0.2, 0) is 0 Å². The fourth-order valence-electron chi connectivity index (χ4n) is 6.59. The molecule has 0 N–H and O–H groups in total. The van der Waals surface area contributed by atoms with Gasteiger partial charge in [-0.2, -0.15) is 0 Å². The molecule has 4 heterocycles. The standard InChI is InChI=1S/C32H23BN2S/c1-3-21-22-18-19-27-30-31(22)35(25(21)4-2)32-29(23-14-8-11-17-28(23)36-32)33(30)24-15-9-10-16-26(24)34(27)20-12-6-5-7-13-20/h3-19H,1-2H3/b21-3-,25-4+. The molecule has 0 spiro atoms. The second-order valence-corrected chi connectivity index (χ2v) is 10.6. The van der Waals surface area contributed by atoms with Gasteiger partial charge in [-0.15, -0.1) is 11.3 Å². The van der Waals surface area contributed by atoms with Gasteiger partial charge in [-0.25, -0.2) is 0 Å². The lowest BCUT2D eigenvalue weighted by Gasteiger charge is -2.39. The molecule has 2 aliphatic heterocycles. The van der Waals surface area contributed by atoms with E-state index in [1.807, 2.05) is 11.3 Å². The van der Waals surface area contributed by atoms with Crippen LogP contribution >= 0.6 is 11.3 Å². The zero-order valence-corrected chi connectivity index (χ0v) is 21.0. The Morgan fingerprint density at radius 3 is 2.31 bits per heavy atom. The molecule has 0 atom stereocenters. The molecule has 4 heteroatoms. The normalized spacial score (nSPS) is 14.6. The average Bonchev–Trinajstić information content (AvgIpc) is 3.48. The fourth-order valence-corrected chi connectivity index (χ4v) is 7.85. The molecular formula is C32H23BN2S. The number of nitrogens with zero attached hydrogens (tertiary/aromatic N) is 2. The van der Waals surface area contributed by atoms with Crippen molar-refractivity contribution in [1.29, 1.82) is 0 Å². The van der Waals surface area contributed by atoms with Crippen LogP contribution in [0.1, 0.15) is 13.8 Å². The monoisotopic (exact) mass is 478 g/mol. The van der Waals surface area contributed by atoms with Crippen molar-refractivity contribution in [2.45, 2.75) is 13.8 Å². The summed E-state index contributed by atoms with van der Waals surface area (Å²) in [4.78, 5) is 2.46. The van der Waals surface area contributed by atoms with Crippen LogP contribution in [0.3, 0.4) is 0 Å². The summed E-state index contributed by atoms with van der Waals surface area (Å²) in [5.41, 5.74) is 9.34. The Kier molecular flexibility index (Phi) is 4.07. The second kappa shape index (κ2) is 7.25. The van der Waals surface area contributed by atoms with Crippen molar-refractivity contribution in [3.8, 4) is 5.00 Å². The quantitative estimate of drug-likeness (QED) is 0.300. The number of anilines is 3. The molecule has 0 saturated heterocycles. The van der Waals surface area contributed by atoms with Crippen molar-refractivity contribution < 1.29 is 0 Å². The first-order valence-corrected chi connectivity index (χ1v) is 13.4. The molecule has 170 valence electrons. The van der Waals surface area contributed by atoms with E-state index in [0.29, 0.717) is 0 Å². The highest BCUT2D eigenvalue weighted by Crippen LogP contribution is 2.40. The summed E-state index contributed by atoms with van der Waals surface area (Å²) in [6.45, 7) is 4.53. The zero-order chi connectivity index (χ0) is 24.0. The Bertz CT molecular complexity index is 1980. The van der Waals surface area contributed by atoms with Gasteiger partial charge in [0.25, 0.3) is 6.71 Å². The van der Waals surface area contributed by atoms with E-state index in [1.54, 1.807) is 0 Å². The highest BCUT2D eigenvalue weighted by molar-refractivity contribution is 7.25. The highest BCUT2D eigenvalue weighted by Gasteiger charge is 2.43. The molecule has 0 bridgehead atoms. The first kappa shape index (κ1) is 20.2. The molecule has 2 nitrogen and oxygen atoms in total. The van der Waals surface area contributed by atoms with Crippen molar-refractivity contribution in [2.24, 2.45) is 0 Å². The molecule has 0 fully saturated rings. The summed E-state index contributed by atoms with van der Waals surface area (Å²) in [6.07, 6.45) is 4.56. The minimum atomic E-state index is 0.197. The molecule has 0 amide bonds. The third-order valence-corrected chi connectivity index (χ3v) is 9.10. The molecule has 4 aromatic carbocycles. The highest BCUT2D eigenvalue weighted by atomic mass is 32.1. The summed E-state index contributed by atoms with van der Waals surface area (Å²) in [5, 5.41) is 6.68. The number of hydrogen-bond acceptors (Lipinski definition) is 2. The number of rotatable bonds is 1. The van der Waals surface area contributed by atoms with Crippen LogP contribution in [0, 0.1) is 0 Å². The first-order valence-electron chi connectivity index (χ1n) is 12.6. The summed E-state index contributed by atoms with van der Waals surface area (Å²) in [5.74, 6) is 0. The Morgan fingerprint density at radius 1 is 0.694 bits per heavy atom. The van der Waals surface area contributed by atoms with E-state index in [9.17, 15) is 0 Å². The van der Waals surface area contributed by atoms with Crippen LogP contribution in [0.15, 0.2) is 91.0 Å². The van der Waals surface area contributed by atoms with Crippen LogP contribution in [0.2, 0.25) is 0 Å². The number of aromatic nitrogens is 1. The van der Waals surface area contributed by atoms with Gasteiger partial charge in [-0.3, -0.25) is 0 Å². The van der Waals surface area contributed by atoms with Crippen LogP contribution in [0.25, 0.3) is 38.1 Å².